The molecule has 0 N–H and O–H groups in total. The molecule has 4 nitrogen and oxygen atoms in total. The molecule has 0 saturated heterocycles. The van der Waals surface area contributed by atoms with Crippen molar-refractivity contribution in [3.05, 3.63) is 47.9 Å². The van der Waals surface area contributed by atoms with Gasteiger partial charge in [-0.15, -0.1) is 0 Å². The molecule has 0 saturated carbocycles. The van der Waals surface area contributed by atoms with Gasteiger partial charge in [0.2, 0.25) is 0 Å². The van der Waals surface area contributed by atoms with Crippen LogP contribution in [0.5, 0.6) is 0 Å². The fourth-order valence-corrected chi connectivity index (χ4v) is 1.72. The van der Waals surface area contributed by atoms with Gasteiger partial charge in [-0.05, 0) is 18.6 Å². The predicted octanol–water partition coefficient (Wildman–Crippen LogP) is 2.90. The summed E-state index contributed by atoms with van der Waals surface area (Å²) < 4.78 is 5.11. The molecule has 0 atom stereocenters. The first-order chi connectivity index (χ1) is 8.72. The zero-order valence-corrected chi connectivity index (χ0v) is 10.6. The van der Waals surface area contributed by atoms with Crippen LogP contribution in [0.4, 0.5) is 5.69 Å². The van der Waals surface area contributed by atoms with Gasteiger partial charge in [-0.3, -0.25) is 4.79 Å². The molecule has 2 rings (SSSR count). The van der Waals surface area contributed by atoms with Crippen molar-refractivity contribution in [2.24, 2.45) is 0 Å². The van der Waals surface area contributed by atoms with Crippen molar-refractivity contribution in [2.45, 2.75) is 19.8 Å². The van der Waals surface area contributed by atoms with Gasteiger partial charge < -0.3 is 9.42 Å². The number of hydrogen-bond acceptors (Lipinski definition) is 3. The number of hydrogen-bond donors (Lipinski definition) is 0. The summed E-state index contributed by atoms with van der Waals surface area (Å²) in [4.78, 5) is 13.7. The number of rotatable bonds is 4. The second kappa shape index (κ2) is 5.49. The Labute approximate surface area is 106 Å². The largest absolute Gasteiger partial charge is 0.361 e. The van der Waals surface area contributed by atoms with E-state index in [0.717, 1.165) is 24.3 Å². The smallest absolute Gasteiger partial charge is 0.280 e. The lowest BCUT2D eigenvalue weighted by molar-refractivity contribution is 0.0984. The van der Waals surface area contributed by atoms with E-state index in [4.69, 9.17) is 4.52 Å². The Bertz CT molecular complexity index is 520. The molecule has 1 amide bonds. The number of amides is 1. The number of aryl methyl sites for hydroxylation is 1. The van der Waals surface area contributed by atoms with Crippen LogP contribution < -0.4 is 4.90 Å². The summed E-state index contributed by atoms with van der Waals surface area (Å²) in [5, 5.41) is 3.82. The van der Waals surface area contributed by atoms with E-state index in [1.807, 2.05) is 30.3 Å². The standard InChI is InChI=1S/C14H16N2O2/c1-3-7-12-10-13(15-18-12)14(17)16(2)11-8-5-4-6-9-11/h4-6,8-10H,3,7H2,1-2H3. The van der Waals surface area contributed by atoms with Crippen LogP contribution in [-0.4, -0.2) is 18.1 Å². The molecule has 4 heteroatoms. The minimum Gasteiger partial charge on any atom is -0.361 e. The second-order valence-corrected chi connectivity index (χ2v) is 4.13. The third kappa shape index (κ3) is 2.59. The minimum absolute atomic E-state index is 0.160. The molecule has 0 spiro atoms. The quantitative estimate of drug-likeness (QED) is 0.830. The van der Waals surface area contributed by atoms with Crippen molar-refractivity contribution >= 4 is 11.6 Å². The number of benzene rings is 1. The van der Waals surface area contributed by atoms with Crippen LogP contribution in [0.3, 0.4) is 0 Å². The highest BCUT2D eigenvalue weighted by molar-refractivity contribution is 6.04. The molecule has 0 fully saturated rings. The summed E-state index contributed by atoms with van der Waals surface area (Å²) >= 11 is 0. The van der Waals surface area contributed by atoms with Gasteiger partial charge in [0.1, 0.15) is 5.76 Å². The molecule has 0 unspecified atom stereocenters. The number of carbonyl (C=O) groups excluding carboxylic acids is 1. The van der Waals surface area contributed by atoms with Gasteiger partial charge in [0.05, 0.1) is 0 Å². The zero-order chi connectivity index (χ0) is 13.0. The van der Waals surface area contributed by atoms with Crippen molar-refractivity contribution in [1.82, 2.24) is 5.16 Å². The average Bonchev–Trinajstić information content (AvgIpc) is 2.87. The first-order valence-electron chi connectivity index (χ1n) is 6.01. The van der Waals surface area contributed by atoms with Crippen LogP contribution in [0.15, 0.2) is 40.9 Å². The van der Waals surface area contributed by atoms with Crippen LogP contribution >= 0.6 is 0 Å². The fraction of sp³-hybridized carbons (Fsp3) is 0.286. The molecule has 1 aromatic heterocycles. The molecule has 0 bridgehead atoms. The molecule has 0 aliphatic carbocycles. The summed E-state index contributed by atoms with van der Waals surface area (Å²) in [6.07, 6.45) is 1.77. The maximum Gasteiger partial charge on any atom is 0.280 e. The van der Waals surface area contributed by atoms with Gasteiger partial charge >= 0.3 is 0 Å². The second-order valence-electron chi connectivity index (χ2n) is 4.13. The van der Waals surface area contributed by atoms with Crippen LogP contribution in [-0.2, 0) is 6.42 Å². The van der Waals surface area contributed by atoms with Gasteiger partial charge in [-0.1, -0.05) is 30.3 Å². The number of nitrogens with zero attached hydrogens (tertiary/aromatic N) is 2. The third-order valence-electron chi connectivity index (χ3n) is 2.72. The molecule has 1 aromatic carbocycles. The third-order valence-corrected chi connectivity index (χ3v) is 2.72. The first kappa shape index (κ1) is 12.4. The minimum atomic E-state index is -0.160. The molecule has 0 aliphatic heterocycles. The molecule has 94 valence electrons. The monoisotopic (exact) mass is 244 g/mol. The van der Waals surface area contributed by atoms with Crippen molar-refractivity contribution in [1.29, 1.82) is 0 Å². The number of carbonyl (C=O) groups is 1. The molecule has 2 aromatic rings. The summed E-state index contributed by atoms with van der Waals surface area (Å²) in [7, 11) is 1.73. The number of para-hydroxylation sites is 1. The highest BCUT2D eigenvalue weighted by atomic mass is 16.5. The Kier molecular flexibility index (Phi) is 3.77. The van der Waals surface area contributed by atoms with E-state index in [9.17, 15) is 4.79 Å². The topological polar surface area (TPSA) is 46.3 Å². The molecule has 0 aliphatic rings. The van der Waals surface area contributed by atoms with Crippen molar-refractivity contribution < 1.29 is 9.32 Å². The Balaban J connectivity index is 2.15. The summed E-state index contributed by atoms with van der Waals surface area (Å²) in [5.74, 6) is 0.592. The summed E-state index contributed by atoms with van der Waals surface area (Å²) in [5.41, 5.74) is 1.19. The van der Waals surface area contributed by atoms with E-state index in [0.29, 0.717) is 5.69 Å². The summed E-state index contributed by atoms with van der Waals surface area (Å²) in [6.45, 7) is 2.06. The Hall–Kier alpha value is -2.10. The van der Waals surface area contributed by atoms with E-state index in [2.05, 4.69) is 12.1 Å². The maximum atomic E-state index is 12.2. The highest BCUT2D eigenvalue weighted by Crippen LogP contribution is 2.15. The van der Waals surface area contributed by atoms with Gasteiger partial charge in [-0.2, -0.15) is 0 Å². The first-order valence-corrected chi connectivity index (χ1v) is 6.01. The lowest BCUT2D eigenvalue weighted by atomic mass is 10.2. The molecule has 1 heterocycles. The summed E-state index contributed by atoms with van der Waals surface area (Å²) in [6, 6.07) is 11.2. The van der Waals surface area contributed by atoms with Crippen molar-refractivity contribution in [2.75, 3.05) is 11.9 Å². The van der Waals surface area contributed by atoms with E-state index < -0.39 is 0 Å². The van der Waals surface area contributed by atoms with Crippen molar-refractivity contribution in [3.63, 3.8) is 0 Å². The molecular formula is C14H16N2O2. The van der Waals surface area contributed by atoms with E-state index in [1.165, 1.54) is 0 Å². The lowest BCUT2D eigenvalue weighted by Crippen LogP contribution is -2.26. The molecule has 18 heavy (non-hydrogen) atoms. The zero-order valence-electron chi connectivity index (χ0n) is 10.6. The van der Waals surface area contributed by atoms with Crippen LogP contribution in [0.2, 0.25) is 0 Å². The molecular weight excluding hydrogens is 228 g/mol. The Morgan fingerprint density at radius 2 is 2.06 bits per heavy atom. The van der Waals surface area contributed by atoms with Crippen LogP contribution in [0.25, 0.3) is 0 Å². The fourth-order valence-electron chi connectivity index (χ4n) is 1.72. The number of aromatic nitrogens is 1. The maximum absolute atomic E-state index is 12.2. The lowest BCUT2D eigenvalue weighted by Gasteiger charge is -2.15. The normalized spacial score (nSPS) is 10.3. The Morgan fingerprint density at radius 3 is 2.72 bits per heavy atom. The Morgan fingerprint density at radius 1 is 1.33 bits per heavy atom. The average molecular weight is 244 g/mol. The van der Waals surface area contributed by atoms with E-state index in [1.54, 1.807) is 18.0 Å². The van der Waals surface area contributed by atoms with Gasteiger partial charge in [-0.25, -0.2) is 0 Å². The van der Waals surface area contributed by atoms with Crippen LogP contribution in [0, 0.1) is 0 Å². The van der Waals surface area contributed by atoms with Gasteiger partial charge in [0, 0.05) is 25.2 Å². The highest BCUT2D eigenvalue weighted by Gasteiger charge is 2.17. The SMILES string of the molecule is CCCc1cc(C(=O)N(C)c2ccccc2)no1. The van der Waals surface area contributed by atoms with Crippen LogP contribution in [0.1, 0.15) is 29.6 Å². The molecule has 0 radical (unpaired) electrons. The van der Waals surface area contributed by atoms with E-state index >= 15 is 0 Å². The van der Waals surface area contributed by atoms with Crippen molar-refractivity contribution in [3.8, 4) is 0 Å². The van der Waals surface area contributed by atoms with Gasteiger partial charge in [0.25, 0.3) is 5.91 Å². The van der Waals surface area contributed by atoms with Gasteiger partial charge in [0.15, 0.2) is 5.69 Å². The van der Waals surface area contributed by atoms with E-state index in [-0.39, 0.29) is 5.91 Å². The predicted molar refractivity (Wildman–Crippen MR) is 69.7 cm³/mol. The number of anilines is 1.